The van der Waals surface area contributed by atoms with Crippen LogP contribution in [-0.2, 0) is 30.2 Å². The van der Waals surface area contributed by atoms with Gasteiger partial charge < -0.3 is 11.1 Å². The molecular weight excluding hydrogens is 375 g/mol. The third-order valence-electron chi connectivity index (χ3n) is 6.12. The van der Waals surface area contributed by atoms with E-state index in [0.717, 1.165) is 53.8 Å². The van der Waals surface area contributed by atoms with Crippen molar-refractivity contribution in [3.8, 4) is 11.1 Å². The first kappa shape index (κ1) is 17.8. The Labute approximate surface area is 165 Å². The Kier molecular flexibility index (Phi) is 4.21. The summed E-state index contributed by atoms with van der Waals surface area (Å²) >= 11 is 0. The van der Waals surface area contributed by atoms with Crippen molar-refractivity contribution in [3.05, 3.63) is 63.5 Å². The van der Waals surface area contributed by atoms with E-state index in [1.54, 1.807) is 0 Å². The Morgan fingerprint density at radius 2 is 2.04 bits per heavy atom. The monoisotopic (exact) mass is 396 g/mol. The molecule has 5 rings (SSSR count). The Morgan fingerprint density at radius 1 is 1.18 bits per heavy atom. The predicted molar refractivity (Wildman–Crippen MR) is 109 cm³/mol. The summed E-state index contributed by atoms with van der Waals surface area (Å²) in [5, 5.41) is 3.36. The van der Waals surface area contributed by atoms with Gasteiger partial charge in [-0.3, -0.25) is 9.00 Å². The highest BCUT2D eigenvalue weighted by Crippen LogP contribution is 2.46. The summed E-state index contributed by atoms with van der Waals surface area (Å²) in [6.07, 6.45) is 2.16. The first-order chi connectivity index (χ1) is 13.5. The van der Waals surface area contributed by atoms with E-state index in [0.29, 0.717) is 23.5 Å². The highest BCUT2D eigenvalue weighted by Gasteiger charge is 2.34. The average Bonchev–Trinajstić information content (AvgIpc) is 3.05. The lowest BCUT2D eigenvalue weighted by Crippen LogP contribution is -2.24. The van der Waals surface area contributed by atoms with Gasteiger partial charge in [0.15, 0.2) is 0 Å². The molecule has 4 nitrogen and oxygen atoms in total. The van der Waals surface area contributed by atoms with E-state index in [9.17, 15) is 9.00 Å². The maximum atomic E-state index is 15.5. The molecule has 0 aromatic heterocycles. The number of hydrogen-bond acceptors (Lipinski definition) is 3. The number of nitrogens with two attached hydrogens (primary N) is 1. The van der Waals surface area contributed by atoms with Crippen molar-refractivity contribution in [1.82, 2.24) is 5.32 Å². The van der Waals surface area contributed by atoms with Crippen molar-refractivity contribution in [2.24, 2.45) is 5.73 Å². The zero-order chi connectivity index (χ0) is 19.4. The van der Waals surface area contributed by atoms with Crippen molar-refractivity contribution in [1.29, 1.82) is 0 Å². The second-order valence-corrected chi connectivity index (χ2v) is 9.24. The number of halogens is 1. The van der Waals surface area contributed by atoms with Crippen LogP contribution in [0.3, 0.4) is 0 Å². The molecule has 3 aliphatic rings. The van der Waals surface area contributed by atoms with Crippen LogP contribution in [0, 0.1) is 5.82 Å². The van der Waals surface area contributed by atoms with E-state index in [-0.39, 0.29) is 5.56 Å². The Hall–Kier alpha value is -2.31. The second kappa shape index (κ2) is 6.64. The molecule has 1 atom stereocenters. The molecule has 0 fully saturated rings. The van der Waals surface area contributed by atoms with Crippen LogP contribution in [0.15, 0.2) is 29.8 Å². The number of primary amides is 1. The zero-order valence-electron chi connectivity index (χ0n) is 15.4. The van der Waals surface area contributed by atoms with Gasteiger partial charge in [-0.05, 0) is 65.3 Å². The molecule has 1 aliphatic carbocycles. The van der Waals surface area contributed by atoms with Crippen molar-refractivity contribution in [2.75, 3.05) is 18.1 Å². The number of benzene rings is 2. The molecule has 144 valence electrons. The molecule has 0 radical (unpaired) electrons. The number of amides is 1. The van der Waals surface area contributed by atoms with Gasteiger partial charge in [0.1, 0.15) is 5.82 Å². The van der Waals surface area contributed by atoms with Crippen LogP contribution >= 0.6 is 0 Å². The number of carbonyl (C=O) groups excluding carboxylic acids is 1. The number of allylic oxidation sites excluding steroid dienone is 1. The van der Waals surface area contributed by atoms with Gasteiger partial charge in [-0.1, -0.05) is 23.8 Å². The molecule has 1 unspecified atom stereocenters. The minimum atomic E-state index is -0.955. The Balaban J connectivity index is 1.82. The number of carbonyl (C=O) groups is 1. The molecule has 28 heavy (non-hydrogen) atoms. The minimum Gasteiger partial charge on any atom is -0.366 e. The lowest BCUT2D eigenvalue weighted by molar-refractivity contribution is 0.0999. The quantitative estimate of drug-likeness (QED) is 0.820. The molecule has 0 saturated carbocycles. The fourth-order valence-electron chi connectivity index (χ4n) is 4.84. The summed E-state index contributed by atoms with van der Waals surface area (Å²) in [5.41, 5.74) is 13.3. The fourth-order valence-corrected chi connectivity index (χ4v) is 6.13. The molecule has 3 N–H and O–H groups in total. The maximum absolute atomic E-state index is 15.5. The molecule has 6 heteroatoms. The maximum Gasteiger partial charge on any atom is 0.249 e. The second-order valence-electron chi connectivity index (χ2n) is 7.67. The van der Waals surface area contributed by atoms with Gasteiger partial charge >= 0.3 is 0 Å². The normalized spacial score (nSPS) is 20.5. The fraction of sp³-hybridized carbons (Fsp3) is 0.318. The summed E-state index contributed by atoms with van der Waals surface area (Å²) < 4.78 is 27.7. The van der Waals surface area contributed by atoms with Crippen LogP contribution < -0.4 is 11.1 Å². The van der Waals surface area contributed by atoms with E-state index >= 15 is 4.39 Å². The first-order valence-electron chi connectivity index (χ1n) is 9.58. The van der Waals surface area contributed by atoms with Crippen LogP contribution in [-0.4, -0.2) is 28.2 Å². The van der Waals surface area contributed by atoms with E-state index in [2.05, 4.69) is 11.4 Å². The Morgan fingerprint density at radius 3 is 2.86 bits per heavy atom. The molecule has 2 aliphatic heterocycles. The standard InChI is InChI=1S/C22H21FN2O2S/c23-19-9-17(22(24)26)16-8-12-5-7-28(27)11-18(12)20(16)21(19)15-3-1-2-13-10-25-6-4-14(13)15/h1-3,9,25H,4-8,10-11H2,(H2,24,26). The third kappa shape index (κ3) is 2.66. The van der Waals surface area contributed by atoms with Crippen LogP contribution in [0.2, 0.25) is 0 Å². The number of nitrogens with one attached hydrogen (secondary N) is 1. The smallest absolute Gasteiger partial charge is 0.249 e. The van der Waals surface area contributed by atoms with Gasteiger partial charge in [0.2, 0.25) is 5.91 Å². The summed E-state index contributed by atoms with van der Waals surface area (Å²) in [7, 11) is -0.955. The van der Waals surface area contributed by atoms with E-state index in [1.165, 1.54) is 17.2 Å². The summed E-state index contributed by atoms with van der Waals surface area (Å²) in [5.74, 6) is 0.0165. The molecule has 1 amide bonds. The number of rotatable bonds is 2. The van der Waals surface area contributed by atoms with Crippen LogP contribution in [0.5, 0.6) is 0 Å². The van der Waals surface area contributed by atoms with Crippen LogP contribution in [0.4, 0.5) is 4.39 Å². The molecule has 2 aromatic carbocycles. The van der Waals surface area contributed by atoms with Crippen molar-refractivity contribution in [2.45, 2.75) is 25.8 Å². The van der Waals surface area contributed by atoms with E-state index in [1.807, 2.05) is 12.1 Å². The molecule has 2 heterocycles. The molecule has 0 saturated heterocycles. The largest absolute Gasteiger partial charge is 0.366 e. The zero-order valence-corrected chi connectivity index (χ0v) is 16.3. The van der Waals surface area contributed by atoms with Gasteiger partial charge in [-0.2, -0.15) is 0 Å². The Bertz CT molecular complexity index is 1090. The first-order valence-corrected chi connectivity index (χ1v) is 11.1. The van der Waals surface area contributed by atoms with E-state index in [4.69, 9.17) is 5.73 Å². The van der Waals surface area contributed by atoms with Gasteiger partial charge in [0, 0.05) is 40.0 Å². The summed E-state index contributed by atoms with van der Waals surface area (Å²) in [6, 6.07) is 7.29. The van der Waals surface area contributed by atoms with E-state index < -0.39 is 22.5 Å². The van der Waals surface area contributed by atoms with Crippen LogP contribution in [0.25, 0.3) is 16.7 Å². The lowest BCUT2D eigenvalue weighted by Gasteiger charge is -2.23. The van der Waals surface area contributed by atoms with Gasteiger partial charge in [0.25, 0.3) is 0 Å². The predicted octanol–water partition coefficient (Wildman–Crippen LogP) is 2.70. The van der Waals surface area contributed by atoms with Crippen LogP contribution in [0.1, 0.15) is 39.0 Å². The van der Waals surface area contributed by atoms with Crippen molar-refractivity contribution >= 4 is 22.3 Å². The average molecular weight is 396 g/mol. The molecule has 0 bridgehead atoms. The molecular formula is C22H21FN2O2S. The molecule has 2 aromatic rings. The van der Waals surface area contributed by atoms with Crippen molar-refractivity contribution in [3.63, 3.8) is 0 Å². The number of fused-ring (bicyclic) bond motifs is 3. The molecule has 0 spiro atoms. The number of hydrogen-bond donors (Lipinski definition) is 2. The van der Waals surface area contributed by atoms with Crippen molar-refractivity contribution < 1.29 is 13.4 Å². The lowest BCUT2D eigenvalue weighted by atomic mass is 9.85. The summed E-state index contributed by atoms with van der Waals surface area (Å²) in [6.45, 7) is 1.62. The third-order valence-corrected chi connectivity index (χ3v) is 7.39. The SMILES string of the molecule is NC(=O)c1cc(F)c(-c2cccc3c2CCNC3)c2c1CC1=C2CS(=O)CC1. The summed E-state index contributed by atoms with van der Waals surface area (Å²) in [4.78, 5) is 12.0. The topological polar surface area (TPSA) is 72.2 Å². The highest BCUT2D eigenvalue weighted by atomic mass is 32.2. The van der Waals surface area contributed by atoms with Gasteiger partial charge in [-0.15, -0.1) is 0 Å². The minimum absolute atomic E-state index is 0.253. The van der Waals surface area contributed by atoms with Gasteiger partial charge in [0.05, 0.1) is 0 Å². The highest BCUT2D eigenvalue weighted by molar-refractivity contribution is 7.85. The van der Waals surface area contributed by atoms with Gasteiger partial charge in [-0.25, -0.2) is 4.39 Å².